The number of anilines is 9. The number of aromatic nitrogens is 1. The molecule has 0 spiro atoms. The summed E-state index contributed by atoms with van der Waals surface area (Å²) in [7, 11) is 0. The summed E-state index contributed by atoms with van der Waals surface area (Å²) in [5, 5.41) is 11.3. The number of carbonyl (C=O) groups is 3. The summed E-state index contributed by atoms with van der Waals surface area (Å²) < 4.78 is 2.21. The molecule has 11 rings (SSSR count). The number of rotatable bonds is 13. The van der Waals surface area contributed by atoms with Crippen molar-refractivity contribution in [1.82, 2.24) is 4.57 Å². The highest BCUT2D eigenvalue weighted by Crippen LogP contribution is 2.37. The molecular weight excluding hydrogens is 889 g/mol. The van der Waals surface area contributed by atoms with E-state index in [1.165, 1.54) is 0 Å². The normalized spacial score (nSPS) is 10.9. The fourth-order valence-corrected chi connectivity index (χ4v) is 9.13. The molecule has 3 N–H and O–H groups in total. The lowest BCUT2D eigenvalue weighted by molar-refractivity contribution is 0.101. The van der Waals surface area contributed by atoms with Crippen LogP contribution in [0.3, 0.4) is 0 Å². The SMILES string of the molecule is O=C(Nc1cc(NC(=O)c2ccc(N(c3ccccc3)c3ccccc3)cc2)cc(C(=O)Nc2ccc(-n3c4ccccc4c4ccccc43)cc2)c1)c1ccc(N(c2ccccc2)c2ccccc2)cc1. The van der Waals surface area contributed by atoms with Gasteiger partial charge in [-0.2, -0.15) is 0 Å². The zero-order valence-electron chi connectivity index (χ0n) is 38.9. The van der Waals surface area contributed by atoms with Crippen LogP contribution >= 0.6 is 0 Å². The molecule has 0 aliphatic carbocycles. The van der Waals surface area contributed by atoms with Gasteiger partial charge >= 0.3 is 0 Å². The van der Waals surface area contributed by atoms with Crippen molar-refractivity contribution in [2.24, 2.45) is 0 Å². The van der Waals surface area contributed by atoms with Gasteiger partial charge in [0.2, 0.25) is 0 Å². The predicted molar refractivity (Wildman–Crippen MR) is 293 cm³/mol. The molecule has 1 aromatic heterocycles. The van der Waals surface area contributed by atoms with Crippen LogP contribution in [0, 0.1) is 0 Å². The fraction of sp³-hybridized carbons (Fsp3) is 0. The maximum Gasteiger partial charge on any atom is 0.255 e. The number of carbonyl (C=O) groups excluding carboxylic acids is 3. The van der Waals surface area contributed by atoms with E-state index in [0.717, 1.165) is 61.6 Å². The highest BCUT2D eigenvalue weighted by molar-refractivity contribution is 6.11. The summed E-state index contributed by atoms with van der Waals surface area (Å²) >= 11 is 0. The van der Waals surface area contributed by atoms with Crippen LogP contribution in [0.15, 0.2) is 261 Å². The molecule has 0 saturated carbocycles. The van der Waals surface area contributed by atoms with Crippen molar-refractivity contribution < 1.29 is 14.4 Å². The molecule has 0 aliphatic heterocycles. The molecule has 1 heterocycles. The Hall–Kier alpha value is -9.99. The Bertz CT molecular complexity index is 3410. The van der Waals surface area contributed by atoms with E-state index in [-0.39, 0.29) is 17.4 Å². The Labute approximate surface area is 416 Å². The van der Waals surface area contributed by atoms with Crippen LogP contribution in [0.1, 0.15) is 31.1 Å². The first kappa shape index (κ1) is 44.5. The Morgan fingerprint density at radius 1 is 0.292 bits per heavy atom. The molecule has 0 radical (unpaired) electrons. The minimum atomic E-state index is -0.427. The molecule has 9 heteroatoms. The molecule has 0 fully saturated rings. The Kier molecular flexibility index (Phi) is 12.3. The van der Waals surface area contributed by atoms with E-state index in [0.29, 0.717) is 28.2 Å². The van der Waals surface area contributed by atoms with Gasteiger partial charge in [-0.05, 0) is 152 Å². The maximum atomic E-state index is 14.2. The standard InChI is InChI=1S/C63H46N6O3/c70-61(44-29-35-54(36-30-44)67(50-17-5-1-6-18-50)51-19-7-2-8-20-51)65-48-41-46(63(72)64-47-33-39-56(40-34-47)69-59-27-15-13-25-57(59)58-26-14-16-28-60(58)69)42-49(43-48)66-62(71)45-31-37-55(38-32-45)68(52-21-9-3-10-22-52)53-23-11-4-12-24-53/h1-43H,(H,64,72)(H,65,70)(H,66,71). The fourth-order valence-electron chi connectivity index (χ4n) is 9.13. The number of hydrogen-bond acceptors (Lipinski definition) is 5. The van der Waals surface area contributed by atoms with Crippen LogP contribution in [0.25, 0.3) is 27.5 Å². The zero-order valence-corrected chi connectivity index (χ0v) is 38.9. The average molecular weight is 935 g/mol. The van der Waals surface area contributed by atoms with Gasteiger partial charge in [-0.15, -0.1) is 0 Å². The van der Waals surface area contributed by atoms with Crippen molar-refractivity contribution in [3.8, 4) is 5.69 Å². The molecule has 9 nitrogen and oxygen atoms in total. The third-order valence-corrected chi connectivity index (χ3v) is 12.5. The van der Waals surface area contributed by atoms with Gasteiger partial charge in [-0.3, -0.25) is 14.4 Å². The molecule has 0 atom stereocenters. The van der Waals surface area contributed by atoms with E-state index >= 15 is 0 Å². The van der Waals surface area contributed by atoms with Crippen molar-refractivity contribution in [2.45, 2.75) is 0 Å². The minimum absolute atomic E-state index is 0.225. The van der Waals surface area contributed by atoms with Crippen molar-refractivity contribution in [3.05, 3.63) is 278 Å². The first-order valence-electron chi connectivity index (χ1n) is 23.6. The van der Waals surface area contributed by atoms with Gasteiger partial charge in [0.05, 0.1) is 11.0 Å². The van der Waals surface area contributed by atoms with E-state index < -0.39 is 5.91 Å². The molecular formula is C63H46N6O3. The van der Waals surface area contributed by atoms with Gasteiger partial charge in [0.1, 0.15) is 0 Å². The number of fused-ring (bicyclic) bond motifs is 3. The average Bonchev–Trinajstić information content (AvgIpc) is 3.77. The van der Waals surface area contributed by atoms with Crippen molar-refractivity contribution in [2.75, 3.05) is 25.8 Å². The van der Waals surface area contributed by atoms with Crippen molar-refractivity contribution in [1.29, 1.82) is 0 Å². The summed E-state index contributed by atoms with van der Waals surface area (Å²) in [5.41, 5.74) is 11.0. The molecule has 0 bridgehead atoms. The molecule has 11 aromatic rings. The van der Waals surface area contributed by atoms with Gasteiger partial charge in [0.15, 0.2) is 0 Å². The molecule has 10 aromatic carbocycles. The summed E-state index contributed by atoms with van der Waals surface area (Å²) in [4.78, 5) is 46.5. The van der Waals surface area contributed by atoms with Gasteiger partial charge in [0, 0.05) is 84.3 Å². The van der Waals surface area contributed by atoms with Crippen LogP contribution < -0.4 is 25.8 Å². The van der Waals surface area contributed by atoms with Crippen LogP contribution in [-0.4, -0.2) is 22.3 Å². The lowest BCUT2D eigenvalue weighted by atomic mass is 10.1. The van der Waals surface area contributed by atoms with E-state index in [2.05, 4.69) is 54.6 Å². The van der Waals surface area contributed by atoms with Crippen LogP contribution in [0.4, 0.5) is 51.2 Å². The lowest BCUT2D eigenvalue weighted by Crippen LogP contribution is -2.17. The number of benzene rings is 10. The summed E-state index contributed by atoms with van der Waals surface area (Å²) in [6.07, 6.45) is 0. The highest BCUT2D eigenvalue weighted by Gasteiger charge is 2.19. The second-order valence-corrected chi connectivity index (χ2v) is 17.2. The quantitative estimate of drug-likeness (QED) is 0.107. The number of para-hydroxylation sites is 6. The molecule has 0 saturated heterocycles. The van der Waals surface area contributed by atoms with Crippen molar-refractivity contribution >= 4 is 90.7 Å². The third kappa shape index (κ3) is 9.29. The first-order chi connectivity index (χ1) is 35.4. The highest BCUT2D eigenvalue weighted by atomic mass is 16.2. The first-order valence-corrected chi connectivity index (χ1v) is 23.6. The van der Waals surface area contributed by atoms with E-state index in [1.807, 2.05) is 194 Å². The number of hydrogen-bond donors (Lipinski definition) is 3. The molecule has 72 heavy (non-hydrogen) atoms. The van der Waals surface area contributed by atoms with Gasteiger partial charge in [-0.1, -0.05) is 109 Å². The maximum absolute atomic E-state index is 14.2. The van der Waals surface area contributed by atoms with Crippen LogP contribution in [0.5, 0.6) is 0 Å². The van der Waals surface area contributed by atoms with Crippen LogP contribution in [0.2, 0.25) is 0 Å². The molecule has 0 unspecified atom stereocenters. The van der Waals surface area contributed by atoms with Gasteiger partial charge in [-0.25, -0.2) is 0 Å². The molecule has 0 aliphatic rings. The topological polar surface area (TPSA) is 98.7 Å². The number of nitrogens with zero attached hydrogens (tertiary/aromatic N) is 3. The number of amides is 3. The zero-order chi connectivity index (χ0) is 48.8. The minimum Gasteiger partial charge on any atom is -0.322 e. The third-order valence-electron chi connectivity index (χ3n) is 12.5. The second-order valence-electron chi connectivity index (χ2n) is 17.2. The van der Waals surface area contributed by atoms with E-state index in [4.69, 9.17) is 0 Å². The summed E-state index contributed by atoms with van der Waals surface area (Å²) in [6.45, 7) is 0. The number of nitrogens with one attached hydrogen (secondary N) is 3. The Balaban J connectivity index is 0.873. The second kappa shape index (κ2) is 19.9. The largest absolute Gasteiger partial charge is 0.322 e. The van der Waals surface area contributed by atoms with Crippen molar-refractivity contribution in [3.63, 3.8) is 0 Å². The monoisotopic (exact) mass is 934 g/mol. The Morgan fingerprint density at radius 2 is 0.611 bits per heavy atom. The lowest BCUT2D eigenvalue weighted by Gasteiger charge is -2.25. The predicted octanol–water partition coefficient (Wildman–Crippen LogP) is 15.5. The van der Waals surface area contributed by atoms with Crippen LogP contribution in [-0.2, 0) is 0 Å². The molecule has 346 valence electrons. The Morgan fingerprint density at radius 3 is 1.00 bits per heavy atom. The van der Waals surface area contributed by atoms with Gasteiger partial charge < -0.3 is 30.3 Å². The van der Waals surface area contributed by atoms with E-state index in [9.17, 15) is 14.4 Å². The summed E-state index contributed by atoms with van der Waals surface area (Å²) in [5.74, 6) is -1.20. The smallest absolute Gasteiger partial charge is 0.255 e. The summed E-state index contributed by atoms with van der Waals surface area (Å²) in [6, 6.07) is 84.0. The van der Waals surface area contributed by atoms with Gasteiger partial charge in [0.25, 0.3) is 17.7 Å². The van der Waals surface area contributed by atoms with E-state index in [1.54, 1.807) is 42.5 Å². The molecule has 3 amide bonds.